The van der Waals surface area contributed by atoms with Gasteiger partial charge in [-0.2, -0.15) is 0 Å². The molecule has 0 spiro atoms. The maximum absolute atomic E-state index is 12.0. The van der Waals surface area contributed by atoms with E-state index in [-0.39, 0.29) is 5.91 Å². The number of nitrogens with zero attached hydrogens (tertiary/aromatic N) is 1. The van der Waals surface area contributed by atoms with Crippen LogP contribution in [0.5, 0.6) is 0 Å². The predicted octanol–water partition coefficient (Wildman–Crippen LogP) is 1.31. The molecule has 1 amide bonds. The molecule has 0 radical (unpaired) electrons. The minimum Gasteiger partial charge on any atom is -0.318 e. The van der Waals surface area contributed by atoms with Gasteiger partial charge in [-0.1, -0.05) is 18.2 Å². The standard InChI is InChI=1S/C12H16N2O/c1-12(2,13)11(15)14-8-7-9-5-3-4-6-10(9)14/h3-6H,7-8,13H2,1-2H3. The predicted molar refractivity (Wildman–Crippen MR) is 60.8 cm³/mol. The van der Waals surface area contributed by atoms with Gasteiger partial charge in [0, 0.05) is 12.2 Å². The maximum atomic E-state index is 12.0. The van der Waals surface area contributed by atoms with E-state index in [1.54, 1.807) is 18.7 Å². The van der Waals surface area contributed by atoms with Crippen molar-refractivity contribution in [1.29, 1.82) is 0 Å². The van der Waals surface area contributed by atoms with Gasteiger partial charge in [0.1, 0.15) is 0 Å². The minimum absolute atomic E-state index is 0.00699. The summed E-state index contributed by atoms with van der Waals surface area (Å²) in [7, 11) is 0. The maximum Gasteiger partial charge on any atom is 0.246 e. The van der Waals surface area contributed by atoms with Gasteiger partial charge in [-0.25, -0.2) is 0 Å². The van der Waals surface area contributed by atoms with Crippen LogP contribution in [0.4, 0.5) is 5.69 Å². The minimum atomic E-state index is -0.794. The van der Waals surface area contributed by atoms with Gasteiger partial charge in [-0.05, 0) is 31.9 Å². The fourth-order valence-electron chi connectivity index (χ4n) is 1.90. The summed E-state index contributed by atoms with van der Waals surface area (Å²) in [6, 6.07) is 7.99. The molecule has 15 heavy (non-hydrogen) atoms. The van der Waals surface area contributed by atoms with Crippen molar-refractivity contribution in [2.45, 2.75) is 25.8 Å². The first-order valence-corrected chi connectivity index (χ1v) is 5.19. The molecule has 0 aromatic heterocycles. The second-order valence-electron chi connectivity index (χ2n) is 4.56. The number of carbonyl (C=O) groups excluding carboxylic acids is 1. The van der Waals surface area contributed by atoms with Gasteiger partial charge < -0.3 is 10.6 Å². The number of amides is 1. The number of carbonyl (C=O) groups is 1. The highest BCUT2D eigenvalue weighted by Gasteiger charge is 2.32. The fraction of sp³-hybridized carbons (Fsp3) is 0.417. The molecule has 0 saturated heterocycles. The Balaban J connectivity index is 2.32. The van der Waals surface area contributed by atoms with E-state index in [9.17, 15) is 4.79 Å². The quantitative estimate of drug-likeness (QED) is 0.749. The molecule has 0 saturated carbocycles. The van der Waals surface area contributed by atoms with Crippen LogP contribution in [0.1, 0.15) is 19.4 Å². The van der Waals surface area contributed by atoms with E-state index in [1.807, 2.05) is 18.2 Å². The lowest BCUT2D eigenvalue weighted by Gasteiger charge is -2.26. The van der Waals surface area contributed by atoms with Crippen molar-refractivity contribution in [2.24, 2.45) is 5.73 Å². The summed E-state index contributed by atoms with van der Waals surface area (Å²) >= 11 is 0. The number of fused-ring (bicyclic) bond motifs is 1. The number of hydrogen-bond donors (Lipinski definition) is 1. The molecule has 3 nitrogen and oxygen atoms in total. The highest BCUT2D eigenvalue weighted by atomic mass is 16.2. The summed E-state index contributed by atoms with van der Waals surface area (Å²) in [6.07, 6.45) is 0.929. The first kappa shape index (κ1) is 10.2. The summed E-state index contributed by atoms with van der Waals surface area (Å²) < 4.78 is 0. The molecular formula is C12H16N2O. The summed E-state index contributed by atoms with van der Waals surface area (Å²) in [5.41, 5.74) is 7.28. The number of rotatable bonds is 1. The first-order valence-electron chi connectivity index (χ1n) is 5.19. The van der Waals surface area contributed by atoms with Gasteiger partial charge in [0.2, 0.25) is 5.91 Å². The second-order valence-corrected chi connectivity index (χ2v) is 4.56. The van der Waals surface area contributed by atoms with Gasteiger partial charge >= 0.3 is 0 Å². The van der Waals surface area contributed by atoms with E-state index in [4.69, 9.17) is 5.73 Å². The van der Waals surface area contributed by atoms with Crippen LogP contribution in [0, 0.1) is 0 Å². The molecule has 1 heterocycles. The van der Waals surface area contributed by atoms with Gasteiger partial charge in [0.25, 0.3) is 0 Å². The van der Waals surface area contributed by atoms with Crippen LogP contribution in [-0.2, 0) is 11.2 Å². The number of benzene rings is 1. The van der Waals surface area contributed by atoms with Crippen LogP contribution in [0.3, 0.4) is 0 Å². The molecule has 1 aromatic rings. The second kappa shape index (κ2) is 3.35. The van der Waals surface area contributed by atoms with Crippen LogP contribution in [-0.4, -0.2) is 18.0 Å². The molecule has 3 heteroatoms. The molecule has 0 atom stereocenters. The summed E-state index contributed by atoms with van der Waals surface area (Å²) in [5, 5.41) is 0. The summed E-state index contributed by atoms with van der Waals surface area (Å²) in [5.74, 6) is -0.00699. The monoisotopic (exact) mass is 204 g/mol. The molecular weight excluding hydrogens is 188 g/mol. The van der Waals surface area contributed by atoms with Crippen LogP contribution in [0.2, 0.25) is 0 Å². The SMILES string of the molecule is CC(C)(N)C(=O)N1CCc2ccccc21. The molecule has 1 aliphatic rings. The number of nitrogens with two attached hydrogens (primary N) is 1. The van der Waals surface area contributed by atoms with Crippen molar-refractivity contribution in [3.05, 3.63) is 29.8 Å². The van der Waals surface area contributed by atoms with Crippen LogP contribution < -0.4 is 10.6 Å². The molecule has 80 valence electrons. The molecule has 1 aliphatic heterocycles. The fourth-order valence-corrected chi connectivity index (χ4v) is 1.90. The van der Waals surface area contributed by atoms with E-state index < -0.39 is 5.54 Å². The smallest absolute Gasteiger partial charge is 0.246 e. The Morgan fingerprint density at radius 3 is 2.73 bits per heavy atom. The number of para-hydroxylation sites is 1. The molecule has 1 aromatic carbocycles. The van der Waals surface area contributed by atoms with Crippen LogP contribution >= 0.6 is 0 Å². The van der Waals surface area contributed by atoms with Crippen molar-refractivity contribution >= 4 is 11.6 Å². The molecule has 2 rings (SSSR count). The van der Waals surface area contributed by atoms with Crippen molar-refractivity contribution in [2.75, 3.05) is 11.4 Å². The first-order chi connectivity index (χ1) is 7.00. The van der Waals surface area contributed by atoms with Gasteiger partial charge in [0.15, 0.2) is 0 Å². The Morgan fingerprint density at radius 2 is 2.07 bits per heavy atom. The average Bonchev–Trinajstić information content (AvgIpc) is 2.58. The third kappa shape index (κ3) is 1.75. The average molecular weight is 204 g/mol. The Kier molecular flexibility index (Phi) is 2.27. The number of anilines is 1. The van der Waals surface area contributed by atoms with Crippen molar-refractivity contribution in [1.82, 2.24) is 0 Å². The summed E-state index contributed by atoms with van der Waals surface area (Å²) in [6.45, 7) is 4.24. The number of hydrogen-bond acceptors (Lipinski definition) is 2. The van der Waals surface area contributed by atoms with E-state index in [0.717, 1.165) is 18.7 Å². The van der Waals surface area contributed by atoms with Crippen LogP contribution in [0.15, 0.2) is 24.3 Å². The van der Waals surface area contributed by atoms with Crippen molar-refractivity contribution in [3.63, 3.8) is 0 Å². The third-order valence-electron chi connectivity index (χ3n) is 2.68. The highest BCUT2D eigenvalue weighted by Crippen LogP contribution is 2.28. The molecule has 0 bridgehead atoms. The largest absolute Gasteiger partial charge is 0.318 e. The Labute approximate surface area is 89.9 Å². The van der Waals surface area contributed by atoms with Gasteiger partial charge in [0.05, 0.1) is 5.54 Å². The lowest BCUT2D eigenvalue weighted by Crippen LogP contribution is -2.50. The zero-order valence-corrected chi connectivity index (χ0v) is 9.16. The Bertz CT molecular complexity index is 393. The topological polar surface area (TPSA) is 46.3 Å². The van der Waals surface area contributed by atoms with E-state index >= 15 is 0 Å². The molecule has 0 unspecified atom stereocenters. The molecule has 2 N–H and O–H groups in total. The normalized spacial score (nSPS) is 15.3. The lowest BCUT2D eigenvalue weighted by atomic mass is 10.1. The van der Waals surface area contributed by atoms with E-state index in [1.165, 1.54) is 5.56 Å². The Hall–Kier alpha value is -1.35. The third-order valence-corrected chi connectivity index (χ3v) is 2.68. The van der Waals surface area contributed by atoms with Gasteiger partial charge in [-0.3, -0.25) is 4.79 Å². The zero-order chi connectivity index (χ0) is 11.1. The lowest BCUT2D eigenvalue weighted by molar-refractivity contribution is -0.122. The molecule has 0 aliphatic carbocycles. The van der Waals surface area contributed by atoms with Crippen molar-refractivity contribution < 1.29 is 4.79 Å². The van der Waals surface area contributed by atoms with E-state index in [0.29, 0.717) is 0 Å². The van der Waals surface area contributed by atoms with Gasteiger partial charge in [-0.15, -0.1) is 0 Å². The van der Waals surface area contributed by atoms with Crippen LogP contribution in [0.25, 0.3) is 0 Å². The summed E-state index contributed by atoms with van der Waals surface area (Å²) in [4.78, 5) is 13.8. The Morgan fingerprint density at radius 1 is 1.40 bits per heavy atom. The van der Waals surface area contributed by atoms with Crippen molar-refractivity contribution in [3.8, 4) is 0 Å². The van der Waals surface area contributed by atoms with E-state index in [2.05, 4.69) is 6.07 Å². The highest BCUT2D eigenvalue weighted by molar-refractivity contribution is 6.01. The molecule has 0 fully saturated rings. The zero-order valence-electron chi connectivity index (χ0n) is 9.16.